The Morgan fingerprint density at radius 1 is 0.473 bits per heavy atom. The molecule has 0 unspecified atom stereocenters. The van der Waals surface area contributed by atoms with Gasteiger partial charge in [0.05, 0.1) is 5.69 Å². The summed E-state index contributed by atoms with van der Waals surface area (Å²) < 4.78 is 23.9. The fourth-order valence-electron chi connectivity index (χ4n) is 7.66. The van der Waals surface area contributed by atoms with Crippen molar-refractivity contribution in [2.24, 2.45) is 4.99 Å². The average Bonchev–Trinajstić information content (AvgIpc) is 3.56. The Bertz CT molecular complexity index is 2910. The van der Waals surface area contributed by atoms with Gasteiger partial charge in [-0.1, -0.05) is 156 Å². The van der Waals surface area contributed by atoms with Crippen LogP contribution in [0.4, 0.5) is 5.69 Å². The molecule has 0 radical (unpaired) electrons. The standard InChI is InChI=1S/C49H31N2O2P.Pt/c52-54(36-17-3-1-4-18-36,37-19-5-2-6-20-37)38-21-15-16-34(32-38)53-35-30-31-44-43-26-12-14-29-47(43)51(48(44)33-35)49-45-27-10-9-24-41(45)39-22-7-8-23-40(39)42-25-11-13-28-46(42)50-49;/h1-31H;/q-2;+2. The van der Waals surface area contributed by atoms with Gasteiger partial charge in [0.2, 0.25) is 0 Å². The van der Waals surface area contributed by atoms with Crippen molar-refractivity contribution in [2.75, 3.05) is 0 Å². The molecule has 55 heavy (non-hydrogen) atoms. The fourth-order valence-corrected chi connectivity index (χ4v) is 10.3. The molecule has 0 atom stereocenters. The Kier molecular flexibility index (Phi) is 9.03. The third-order valence-corrected chi connectivity index (χ3v) is 13.1. The van der Waals surface area contributed by atoms with E-state index in [0.717, 1.165) is 71.8 Å². The second kappa shape index (κ2) is 14.3. The van der Waals surface area contributed by atoms with Crippen molar-refractivity contribution in [3.05, 3.63) is 206 Å². The van der Waals surface area contributed by atoms with E-state index in [1.807, 2.05) is 91.0 Å². The Morgan fingerprint density at radius 2 is 1.02 bits per heavy atom. The minimum Gasteiger partial charge on any atom is -0.509 e. The van der Waals surface area contributed by atoms with Crippen molar-refractivity contribution in [1.82, 2.24) is 4.57 Å². The van der Waals surface area contributed by atoms with Crippen molar-refractivity contribution in [3.8, 4) is 33.8 Å². The summed E-state index contributed by atoms with van der Waals surface area (Å²) in [6.07, 6.45) is 0. The molecular weight excluding hydrogens is 875 g/mol. The van der Waals surface area contributed by atoms with E-state index >= 15 is 4.57 Å². The number of aliphatic imine (C=N–C) groups is 1. The van der Waals surface area contributed by atoms with Gasteiger partial charge in [-0.05, 0) is 34.2 Å². The minimum atomic E-state index is -3.25. The second-order valence-electron chi connectivity index (χ2n) is 13.3. The second-order valence-corrected chi connectivity index (χ2v) is 16.0. The Morgan fingerprint density at radius 3 is 1.73 bits per heavy atom. The van der Waals surface area contributed by atoms with Crippen molar-refractivity contribution in [1.29, 1.82) is 0 Å². The van der Waals surface area contributed by atoms with Gasteiger partial charge in [0.1, 0.15) is 13.0 Å². The van der Waals surface area contributed by atoms with Crippen molar-refractivity contribution >= 4 is 56.4 Å². The molecule has 264 valence electrons. The van der Waals surface area contributed by atoms with E-state index < -0.39 is 7.14 Å². The maximum absolute atomic E-state index is 15.1. The molecule has 8 aromatic carbocycles. The van der Waals surface area contributed by atoms with E-state index in [1.165, 1.54) is 0 Å². The van der Waals surface area contributed by atoms with Crippen LogP contribution in [0, 0.1) is 12.1 Å². The summed E-state index contributed by atoms with van der Waals surface area (Å²) in [7, 11) is -3.25. The summed E-state index contributed by atoms with van der Waals surface area (Å²) in [4.78, 5) is 5.47. The zero-order chi connectivity index (χ0) is 36.1. The molecule has 0 N–H and O–H groups in total. The zero-order valence-electron chi connectivity index (χ0n) is 29.4. The molecule has 0 amide bonds. The first-order valence-electron chi connectivity index (χ1n) is 17.9. The van der Waals surface area contributed by atoms with Crippen molar-refractivity contribution in [3.63, 3.8) is 0 Å². The largest absolute Gasteiger partial charge is 2.00 e. The monoisotopic (exact) mass is 905 g/mol. The molecule has 1 aliphatic heterocycles. The van der Waals surface area contributed by atoms with Gasteiger partial charge in [-0.15, -0.1) is 29.7 Å². The molecule has 10 rings (SSSR count). The van der Waals surface area contributed by atoms with E-state index in [0.29, 0.717) is 16.8 Å². The van der Waals surface area contributed by atoms with Crippen molar-refractivity contribution in [2.45, 2.75) is 0 Å². The number of rotatable bonds is 5. The van der Waals surface area contributed by atoms with E-state index in [9.17, 15) is 0 Å². The first kappa shape index (κ1) is 34.7. The van der Waals surface area contributed by atoms with E-state index in [-0.39, 0.29) is 21.1 Å². The number of para-hydroxylation sites is 2. The van der Waals surface area contributed by atoms with E-state index in [2.05, 4.69) is 114 Å². The maximum Gasteiger partial charge on any atom is 2.00 e. The summed E-state index contributed by atoms with van der Waals surface area (Å²) in [5, 5.41) is 4.18. The predicted molar refractivity (Wildman–Crippen MR) is 222 cm³/mol. The normalized spacial score (nSPS) is 12.0. The van der Waals surface area contributed by atoms with Crippen LogP contribution in [0.15, 0.2) is 193 Å². The molecule has 0 bridgehead atoms. The maximum atomic E-state index is 15.1. The summed E-state index contributed by atoms with van der Waals surface area (Å²) in [5.74, 6) is 1.77. The third-order valence-electron chi connectivity index (χ3n) is 10.1. The molecule has 2 heterocycles. The van der Waals surface area contributed by atoms with Gasteiger partial charge in [0.25, 0.3) is 0 Å². The number of benzene rings is 8. The summed E-state index contributed by atoms with van der Waals surface area (Å²) in [6.45, 7) is 0. The smallest absolute Gasteiger partial charge is 0.509 e. The van der Waals surface area contributed by atoms with E-state index in [1.54, 1.807) is 0 Å². The third kappa shape index (κ3) is 5.90. The number of ether oxygens (including phenoxy) is 1. The number of hydrogen-bond acceptors (Lipinski definition) is 3. The molecule has 6 heteroatoms. The Labute approximate surface area is 334 Å². The van der Waals surface area contributed by atoms with Gasteiger partial charge in [0.15, 0.2) is 0 Å². The van der Waals surface area contributed by atoms with Crippen LogP contribution in [-0.2, 0) is 25.6 Å². The number of nitrogens with zero attached hydrogens (tertiary/aromatic N) is 2. The molecule has 9 aromatic rings. The van der Waals surface area contributed by atoms with Gasteiger partial charge in [-0.25, -0.2) is 4.99 Å². The number of aromatic nitrogens is 1. The van der Waals surface area contributed by atoms with Crippen LogP contribution in [0.1, 0.15) is 5.56 Å². The van der Waals surface area contributed by atoms with Crippen LogP contribution in [-0.4, -0.2) is 10.4 Å². The van der Waals surface area contributed by atoms with Crippen LogP contribution >= 0.6 is 7.14 Å². The van der Waals surface area contributed by atoms with Gasteiger partial charge in [0, 0.05) is 38.8 Å². The predicted octanol–water partition coefficient (Wildman–Crippen LogP) is 11.1. The topological polar surface area (TPSA) is 43.6 Å². The van der Waals surface area contributed by atoms with Gasteiger partial charge in [-0.2, -0.15) is 18.2 Å². The van der Waals surface area contributed by atoms with Crippen LogP contribution in [0.3, 0.4) is 0 Å². The van der Waals surface area contributed by atoms with Gasteiger partial charge < -0.3 is 13.9 Å². The molecule has 4 nitrogen and oxygen atoms in total. The number of hydrogen-bond donors (Lipinski definition) is 0. The molecular formula is C49H31N2O2PPt. The van der Waals surface area contributed by atoms with Gasteiger partial charge >= 0.3 is 21.1 Å². The fraction of sp³-hybridized carbons (Fsp3) is 0. The SMILES string of the molecule is O=P(c1[c-]c(Oc2[c-]c3c(cc2)c2ccccc2n3C2=Nc3ccccc3-c3ccccc3-c3ccccc32)ccc1)(c1ccccc1)c1ccccc1.[Pt+2]. The summed E-state index contributed by atoms with van der Waals surface area (Å²) >= 11 is 0. The van der Waals surface area contributed by atoms with Crippen molar-refractivity contribution < 1.29 is 30.4 Å². The average molecular weight is 906 g/mol. The first-order chi connectivity index (χ1) is 26.7. The van der Waals surface area contributed by atoms with Crippen LogP contribution in [0.25, 0.3) is 44.1 Å². The molecule has 1 aromatic heterocycles. The minimum absolute atomic E-state index is 0. The molecule has 0 saturated carbocycles. The molecule has 0 fully saturated rings. The zero-order valence-corrected chi connectivity index (χ0v) is 32.5. The quantitative estimate of drug-likeness (QED) is 0.128. The van der Waals surface area contributed by atoms with Crippen LogP contribution in [0.5, 0.6) is 11.5 Å². The molecule has 0 aliphatic carbocycles. The molecule has 0 spiro atoms. The summed E-state index contributed by atoms with van der Waals surface area (Å²) in [5.41, 5.74) is 8.24. The first-order valence-corrected chi connectivity index (χ1v) is 19.6. The van der Waals surface area contributed by atoms with Gasteiger partial charge in [-0.3, -0.25) is 0 Å². The Hall–Kier alpha value is -6.05. The summed E-state index contributed by atoms with van der Waals surface area (Å²) in [6, 6.07) is 69.7. The Balaban J connectivity index is 0.00000397. The van der Waals surface area contributed by atoms with E-state index in [4.69, 9.17) is 9.73 Å². The molecule has 1 aliphatic rings. The van der Waals surface area contributed by atoms with Crippen LogP contribution in [0.2, 0.25) is 0 Å². The number of fused-ring (bicyclic) bond motifs is 8. The molecule has 0 saturated heterocycles. The van der Waals surface area contributed by atoms with Crippen LogP contribution < -0.4 is 20.7 Å².